The number of rotatable bonds is 8. The van der Waals surface area contributed by atoms with E-state index in [-0.39, 0.29) is 11.7 Å². The highest BCUT2D eigenvalue weighted by molar-refractivity contribution is 7.99. The Morgan fingerprint density at radius 3 is 2.71 bits per heavy atom. The van der Waals surface area contributed by atoms with Gasteiger partial charge in [-0.15, -0.1) is 10.2 Å². The number of halogens is 2. The first kappa shape index (κ1) is 20.5. The number of anilines is 1. The topological polar surface area (TPSA) is 69.0 Å². The zero-order chi connectivity index (χ0) is 19.9. The first-order valence-electron chi connectivity index (χ1n) is 8.54. The van der Waals surface area contributed by atoms with Gasteiger partial charge in [0.15, 0.2) is 11.0 Å². The molecule has 0 bridgehead atoms. The van der Waals surface area contributed by atoms with Crippen molar-refractivity contribution in [2.45, 2.75) is 25.2 Å². The Morgan fingerprint density at radius 2 is 1.96 bits per heavy atom. The predicted molar refractivity (Wildman–Crippen MR) is 112 cm³/mol. The number of hydrogen-bond acceptors (Lipinski definition) is 5. The molecule has 2 aromatic carbocycles. The van der Waals surface area contributed by atoms with Crippen LogP contribution in [0.25, 0.3) is 0 Å². The summed E-state index contributed by atoms with van der Waals surface area (Å²) < 4.78 is 7.66. The van der Waals surface area contributed by atoms with Crippen LogP contribution in [0.5, 0.6) is 5.75 Å². The van der Waals surface area contributed by atoms with E-state index in [1.165, 1.54) is 11.8 Å². The average molecular weight is 437 g/mol. The first-order valence-corrected chi connectivity index (χ1v) is 10.3. The van der Waals surface area contributed by atoms with Crippen molar-refractivity contribution in [3.63, 3.8) is 0 Å². The number of aromatic nitrogens is 3. The van der Waals surface area contributed by atoms with Gasteiger partial charge in [-0.1, -0.05) is 53.2 Å². The molecule has 1 aromatic heterocycles. The van der Waals surface area contributed by atoms with Crippen LogP contribution < -0.4 is 10.1 Å². The zero-order valence-electron chi connectivity index (χ0n) is 15.1. The SMILES string of the molecule is CCn1c(COc2ccccc2)nnc1SCC(=O)Nc1cc(Cl)ccc1Cl. The first-order chi connectivity index (χ1) is 13.6. The molecule has 0 aliphatic rings. The lowest BCUT2D eigenvalue weighted by molar-refractivity contribution is -0.113. The summed E-state index contributed by atoms with van der Waals surface area (Å²) in [4.78, 5) is 12.3. The largest absolute Gasteiger partial charge is 0.486 e. The van der Waals surface area contributed by atoms with Crippen molar-refractivity contribution in [1.82, 2.24) is 14.8 Å². The summed E-state index contributed by atoms with van der Waals surface area (Å²) in [5.41, 5.74) is 0.480. The molecular formula is C19H18Cl2N4O2S. The van der Waals surface area contributed by atoms with Crippen LogP contribution in [0.1, 0.15) is 12.7 Å². The van der Waals surface area contributed by atoms with E-state index in [4.69, 9.17) is 27.9 Å². The standard InChI is InChI=1S/C19H18Cl2N4O2S/c1-2-25-17(11-27-14-6-4-3-5-7-14)23-24-19(25)28-12-18(26)22-16-10-13(20)8-9-15(16)21/h3-10H,2,11-12H2,1H3,(H,22,26). The number of benzene rings is 2. The quantitative estimate of drug-likeness (QED) is 0.507. The molecule has 3 aromatic rings. The fourth-order valence-electron chi connectivity index (χ4n) is 2.42. The molecule has 28 heavy (non-hydrogen) atoms. The number of amides is 1. The minimum atomic E-state index is -0.207. The van der Waals surface area contributed by atoms with E-state index in [1.54, 1.807) is 18.2 Å². The van der Waals surface area contributed by atoms with Crippen molar-refractivity contribution in [3.05, 3.63) is 64.4 Å². The van der Waals surface area contributed by atoms with Crippen molar-refractivity contribution in [3.8, 4) is 5.75 Å². The average Bonchev–Trinajstić information content (AvgIpc) is 3.10. The van der Waals surface area contributed by atoms with E-state index in [0.29, 0.717) is 39.9 Å². The van der Waals surface area contributed by atoms with E-state index in [1.807, 2.05) is 41.8 Å². The number of thioether (sulfide) groups is 1. The molecule has 1 amide bonds. The molecular weight excluding hydrogens is 419 g/mol. The molecule has 0 fully saturated rings. The molecule has 9 heteroatoms. The van der Waals surface area contributed by atoms with Crippen LogP contribution in [0.15, 0.2) is 53.7 Å². The molecule has 0 aliphatic heterocycles. The number of carbonyl (C=O) groups is 1. The highest BCUT2D eigenvalue weighted by Gasteiger charge is 2.14. The van der Waals surface area contributed by atoms with Gasteiger partial charge in [-0.3, -0.25) is 4.79 Å². The summed E-state index contributed by atoms with van der Waals surface area (Å²) in [7, 11) is 0. The Bertz CT molecular complexity index is 950. The molecule has 0 spiro atoms. The van der Waals surface area contributed by atoms with Crippen molar-refractivity contribution >= 4 is 46.6 Å². The third-order valence-electron chi connectivity index (χ3n) is 3.76. The molecule has 1 N–H and O–H groups in total. The Labute approximate surface area is 177 Å². The number of nitrogens with zero attached hydrogens (tertiary/aromatic N) is 3. The fraction of sp³-hybridized carbons (Fsp3) is 0.211. The van der Waals surface area contributed by atoms with E-state index in [9.17, 15) is 4.79 Å². The van der Waals surface area contributed by atoms with Crippen molar-refractivity contribution in [1.29, 1.82) is 0 Å². The molecule has 0 aliphatic carbocycles. The second-order valence-electron chi connectivity index (χ2n) is 5.71. The maximum absolute atomic E-state index is 12.3. The number of nitrogens with one attached hydrogen (secondary N) is 1. The second kappa shape index (κ2) is 9.82. The van der Waals surface area contributed by atoms with Crippen LogP contribution in [-0.4, -0.2) is 26.4 Å². The van der Waals surface area contributed by atoms with Gasteiger partial charge in [0.05, 0.1) is 16.5 Å². The fourth-order valence-corrected chi connectivity index (χ4v) is 3.58. The third-order valence-corrected chi connectivity index (χ3v) is 5.29. The Balaban J connectivity index is 1.59. The predicted octanol–water partition coefficient (Wildman–Crippen LogP) is 4.91. The van der Waals surface area contributed by atoms with E-state index >= 15 is 0 Å². The Morgan fingerprint density at radius 1 is 1.18 bits per heavy atom. The Hall–Kier alpha value is -2.22. The van der Waals surface area contributed by atoms with Gasteiger partial charge >= 0.3 is 0 Å². The van der Waals surface area contributed by atoms with Crippen LogP contribution in [0, 0.1) is 0 Å². The van der Waals surface area contributed by atoms with E-state index < -0.39 is 0 Å². The lowest BCUT2D eigenvalue weighted by atomic mass is 10.3. The minimum Gasteiger partial charge on any atom is -0.486 e. The lowest BCUT2D eigenvalue weighted by Gasteiger charge is -2.09. The van der Waals surface area contributed by atoms with Gasteiger partial charge in [0, 0.05) is 11.6 Å². The van der Waals surface area contributed by atoms with Crippen LogP contribution in [0.4, 0.5) is 5.69 Å². The van der Waals surface area contributed by atoms with Crippen LogP contribution >= 0.6 is 35.0 Å². The summed E-state index contributed by atoms with van der Waals surface area (Å²) in [5.74, 6) is 1.43. The summed E-state index contributed by atoms with van der Waals surface area (Å²) in [6.07, 6.45) is 0. The molecule has 0 atom stereocenters. The van der Waals surface area contributed by atoms with E-state index in [0.717, 1.165) is 5.75 Å². The van der Waals surface area contributed by atoms with Crippen molar-refractivity contribution in [2.75, 3.05) is 11.1 Å². The van der Waals surface area contributed by atoms with Gasteiger partial charge in [-0.2, -0.15) is 0 Å². The highest BCUT2D eigenvalue weighted by Crippen LogP contribution is 2.26. The lowest BCUT2D eigenvalue weighted by Crippen LogP contribution is -2.15. The summed E-state index contributed by atoms with van der Waals surface area (Å²) in [5, 5.41) is 12.7. The van der Waals surface area contributed by atoms with Gasteiger partial charge in [0.2, 0.25) is 5.91 Å². The molecule has 146 valence electrons. The van der Waals surface area contributed by atoms with Gasteiger partial charge in [-0.25, -0.2) is 0 Å². The number of para-hydroxylation sites is 1. The molecule has 0 saturated heterocycles. The van der Waals surface area contributed by atoms with Gasteiger partial charge in [0.1, 0.15) is 12.4 Å². The second-order valence-corrected chi connectivity index (χ2v) is 7.49. The van der Waals surface area contributed by atoms with Gasteiger partial charge in [-0.05, 0) is 37.3 Å². The number of carbonyl (C=O) groups excluding carboxylic acids is 1. The molecule has 0 saturated carbocycles. The zero-order valence-corrected chi connectivity index (χ0v) is 17.4. The normalized spacial score (nSPS) is 10.7. The minimum absolute atomic E-state index is 0.167. The molecule has 1 heterocycles. The van der Waals surface area contributed by atoms with Crippen LogP contribution in [0.3, 0.4) is 0 Å². The molecule has 0 radical (unpaired) electrons. The summed E-state index contributed by atoms with van der Waals surface area (Å²) in [6.45, 7) is 2.96. The maximum atomic E-state index is 12.3. The van der Waals surface area contributed by atoms with Crippen LogP contribution in [-0.2, 0) is 17.9 Å². The summed E-state index contributed by atoms with van der Waals surface area (Å²) in [6, 6.07) is 14.4. The highest BCUT2D eigenvalue weighted by atomic mass is 35.5. The van der Waals surface area contributed by atoms with Gasteiger partial charge in [0.25, 0.3) is 0 Å². The summed E-state index contributed by atoms with van der Waals surface area (Å²) >= 11 is 13.3. The third kappa shape index (κ3) is 5.41. The van der Waals surface area contributed by atoms with Crippen LogP contribution in [0.2, 0.25) is 10.0 Å². The Kier molecular flexibility index (Phi) is 7.19. The molecule has 3 rings (SSSR count). The van der Waals surface area contributed by atoms with Gasteiger partial charge < -0.3 is 14.6 Å². The number of hydrogen-bond donors (Lipinski definition) is 1. The number of ether oxygens (including phenoxy) is 1. The van der Waals surface area contributed by atoms with Crippen molar-refractivity contribution in [2.24, 2.45) is 0 Å². The maximum Gasteiger partial charge on any atom is 0.234 e. The van der Waals surface area contributed by atoms with Crippen molar-refractivity contribution < 1.29 is 9.53 Å². The smallest absolute Gasteiger partial charge is 0.234 e. The monoisotopic (exact) mass is 436 g/mol. The molecule has 0 unspecified atom stereocenters. The van der Waals surface area contributed by atoms with E-state index in [2.05, 4.69) is 15.5 Å². The molecule has 6 nitrogen and oxygen atoms in total.